The summed E-state index contributed by atoms with van der Waals surface area (Å²) in [5.41, 5.74) is 4.06. The van der Waals surface area contributed by atoms with Gasteiger partial charge in [-0.15, -0.1) is 11.3 Å². The second-order valence-corrected chi connectivity index (χ2v) is 8.65. The van der Waals surface area contributed by atoms with E-state index in [4.69, 9.17) is 4.74 Å². The topological polar surface area (TPSA) is 15.7 Å². The van der Waals surface area contributed by atoms with Gasteiger partial charge in [-0.05, 0) is 48.5 Å². The number of halogens is 1. The van der Waals surface area contributed by atoms with Crippen molar-refractivity contribution in [2.24, 2.45) is 0 Å². The van der Waals surface area contributed by atoms with Gasteiger partial charge in [0.25, 0.3) is 0 Å². The van der Waals surface area contributed by atoms with Gasteiger partial charge >= 0.3 is 0 Å². The lowest BCUT2D eigenvalue weighted by atomic mass is 9.88. The van der Waals surface area contributed by atoms with Crippen LogP contribution in [0, 0.1) is 5.82 Å². The Bertz CT molecular complexity index is 980. The molecule has 1 unspecified atom stereocenters. The molecule has 5 rings (SSSR count). The minimum atomic E-state index is -0.123. The van der Waals surface area contributed by atoms with E-state index in [9.17, 15) is 4.39 Å². The SMILES string of the molecule is CN1Cc2cc(N3CCOCC3)ccc2C(c2cc3c(F)cccc3s2)C1. The Morgan fingerprint density at radius 2 is 1.96 bits per heavy atom. The number of hydrogen-bond donors (Lipinski definition) is 0. The minimum Gasteiger partial charge on any atom is -0.378 e. The predicted octanol–water partition coefficient (Wildman–Crippen LogP) is 4.45. The van der Waals surface area contributed by atoms with Crippen molar-refractivity contribution < 1.29 is 9.13 Å². The van der Waals surface area contributed by atoms with Gasteiger partial charge in [0.15, 0.2) is 0 Å². The van der Waals surface area contributed by atoms with Gasteiger partial charge < -0.3 is 14.5 Å². The highest BCUT2D eigenvalue weighted by Gasteiger charge is 2.27. The maximum Gasteiger partial charge on any atom is 0.131 e. The van der Waals surface area contributed by atoms with Crippen molar-refractivity contribution in [1.29, 1.82) is 0 Å². The van der Waals surface area contributed by atoms with Gasteiger partial charge in [-0.3, -0.25) is 0 Å². The van der Waals surface area contributed by atoms with Crippen LogP contribution in [0.2, 0.25) is 0 Å². The third kappa shape index (κ3) is 3.14. The van der Waals surface area contributed by atoms with E-state index in [1.54, 1.807) is 23.5 Å². The summed E-state index contributed by atoms with van der Waals surface area (Å²) in [6, 6.07) is 14.3. The largest absolute Gasteiger partial charge is 0.378 e. The van der Waals surface area contributed by atoms with Crippen molar-refractivity contribution in [3.63, 3.8) is 0 Å². The molecule has 2 aliphatic rings. The van der Waals surface area contributed by atoms with Crippen LogP contribution >= 0.6 is 11.3 Å². The Hall–Kier alpha value is -1.95. The third-order valence-corrected chi connectivity index (χ3v) is 6.90. The molecule has 1 fully saturated rings. The summed E-state index contributed by atoms with van der Waals surface area (Å²) in [7, 11) is 2.17. The van der Waals surface area contributed by atoms with Crippen molar-refractivity contribution in [3.05, 3.63) is 64.3 Å². The molecule has 140 valence electrons. The Balaban J connectivity index is 1.54. The molecule has 0 spiro atoms. The van der Waals surface area contributed by atoms with E-state index in [0.717, 1.165) is 49.5 Å². The molecule has 0 bridgehead atoms. The van der Waals surface area contributed by atoms with Crippen molar-refractivity contribution in [3.8, 4) is 0 Å². The molecule has 2 aliphatic heterocycles. The summed E-state index contributed by atoms with van der Waals surface area (Å²) < 4.78 is 20.7. The average Bonchev–Trinajstić information content (AvgIpc) is 3.13. The number of morpholine rings is 1. The zero-order valence-corrected chi connectivity index (χ0v) is 16.3. The standard InChI is InChI=1S/C22H23FN2OS/c1-24-13-15-11-16(25-7-9-26-10-8-25)5-6-17(15)19(14-24)22-12-18-20(23)3-2-4-21(18)27-22/h2-6,11-12,19H,7-10,13-14H2,1H3. The molecule has 0 aliphatic carbocycles. The molecule has 2 aromatic carbocycles. The molecule has 0 saturated carbocycles. The molecule has 0 amide bonds. The maximum absolute atomic E-state index is 14.2. The molecular formula is C22H23FN2OS. The lowest BCUT2D eigenvalue weighted by molar-refractivity contribution is 0.122. The third-order valence-electron chi connectivity index (χ3n) is 5.68. The van der Waals surface area contributed by atoms with Crippen LogP contribution in [0.15, 0.2) is 42.5 Å². The second kappa shape index (κ2) is 6.89. The van der Waals surface area contributed by atoms with Gasteiger partial charge in [0.05, 0.1) is 13.2 Å². The molecule has 0 radical (unpaired) electrons. The highest BCUT2D eigenvalue weighted by Crippen LogP contribution is 2.40. The second-order valence-electron chi connectivity index (χ2n) is 7.53. The predicted molar refractivity (Wildman–Crippen MR) is 109 cm³/mol. The van der Waals surface area contributed by atoms with Crippen LogP contribution in [-0.4, -0.2) is 44.8 Å². The zero-order valence-electron chi connectivity index (χ0n) is 15.5. The maximum atomic E-state index is 14.2. The summed E-state index contributed by atoms with van der Waals surface area (Å²) in [4.78, 5) is 6.03. The molecule has 3 heterocycles. The molecule has 27 heavy (non-hydrogen) atoms. The number of hydrogen-bond acceptors (Lipinski definition) is 4. The molecular weight excluding hydrogens is 359 g/mol. The first-order valence-electron chi connectivity index (χ1n) is 9.51. The van der Waals surface area contributed by atoms with Crippen LogP contribution in [-0.2, 0) is 11.3 Å². The van der Waals surface area contributed by atoms with Crippen molar-refractivity contribution in [2.45, 2.75) is 12.5 Å². The summed E-state index contributed by atoms with van der Waals surface area (Å²) in [5.74, 6) is 0.177. The average molecular weight is 383 g/mol. The van der Waals surface area contributed by atoms with Crippen molar-refractivity contribution >= 4 is 27.1 Å². The van der Waals surface area contributed by atoms with E-state index in [2.05, 4.69) is 41.1 Å². The number of likely N-dealkylation sites (N-methyl/N-ethyl adjacent to an activating group) is 1. The lowest BCUT2D eigenvalue weighted by Gasteiger charge is -2.34. The minimum absolute atomic E-state index is 0.123. The van der Waals surface area contributed by atoms with Crippen LogP contribution < -0.4 is 4.90 Å². The summed E-state index contributed by atoms with van der Waals surface area (Å²) in [6.07, 6.45) is 0. The monoisotopic (exact) mass is 382 g/mol. The smallest absolute Gasteiger partial charge is 0.131 e. The zero-order chi connectivity index (χ0) is 18.4. The van der Waals surface area contributed by atoms with Crippen LogP contribution in [0.3, 0.4) is 0 Å². The molecule has 1 aromatic heterocycles. The number of ether oxygens (including phenoxy) is 1. The molecule has 1 saturated heterocycles. The summed E-state index contributed by atoms with van der Waals surface area (Å²) >= 11 is 1.72. The fraction of sp³-hybridized carbons (Fsp3) is 0.364. The van der Waals surface area contributed by atoms with Crippen LogP contribution in [0.1, 0.15) is 21.9 Å². The van der Waals surface area contributed by atoms with E-state index in [1.165, 1.54) is 21.7 Å². The van der Waals surface area contributed by atoms with Gasteiger partial charge in [0.1, 0.15) is 5.82 Å². The molecule has 3 nitrogen and oxygen atoms in total. The Labute approximate surface area is 163 Å². The highest BCUT2D eigenvalue weighted by molar-refractivity contribution is 7.19. The number of rotatable bonds is 2. The van der Waals surface area contributed by atoms with Gasteiger partial charge in [0, 0.05) is 52.7 Å². The number of nitrogens with zero attached hydrogens (tertiary/aromatic N) is 2. The van der Waals surface area contributed by atoms with Gasteiger partial charge in [-0.1, -0.05) is 12.1 Å². The Morgan fingerprint density at radius 1 is 1.11 bits per heavy atom. The van der Waals surface area contributed by atoms with E-state index in [0.29, 0.717) is 5.92 Å². The van der Waals surface area contributed by atoms with E-state index < -0.39 is 0 Å². The molecule has 1 atom stereocenters. The molecule has 5 heteroatoms. The van der Waals surface area contributed by atoms with Crippen LogP contribution in [0.25, 0.3) is 10.1 Å². The number of anilines is 1. The fourth-order valence-corrected chi connectivity index (χ4v) is 5.50. The first kappa shape index (κ1) is 17.2. The van der Waals surface area contributed by atoms with Gasteiger partial charge in [0.2, 0.25) is 0 Å². The van der Waals surface area contributed by atoms with E-state index in [1.807, 2.05) is 6.07 Å². The number of fused-ring (bicyclic) bond motifs is 2. The van der Waals surface area contributed by atoms with E-state index in [-0.39, 0.29) is 5.82 Å². The van der Waals surface area contributed by atoms with E-state index >= 15 is 0 Å². The van der Waals surface area contributed by atoms with Crippen LogP contribution in [0.5, 0.6) is 0 Å². The summed E-state index contributed by atoms with van der Waals surface area (Å²) in [6.45, 7) is 5.43. The fourth-order valence-electron chi connectivity index (χ4n) is 4.31. The lowest BCUT2D eigenvalue weighted by Crippen LogP contribution is -2.36. The number of thiophene rings is 1. The number of benzene rings is 2. The highest BCUT2D eigenvalue weighted by atomic mass is 32.1. The van der Waals surface area contributed by atoms with Gasteiger partial charge in [-0.2, -0.15) is 0 Å². The van der Waals surface area contributed by atoms with Crippen LogP contribution in [0.4, 0.5) is 10.1 Å². The normalized spacial score (nSPS) is 20.8. The van der Waals surface area contributed by atoms with Crippen molar-refractivity contribution in [1.82, 2.24) is 4.90 Å². The first-order chi connectivity index (χ1) is 13.2. The molecule has 3 aromatic rings. The molecule has 0 N–H and O–H groups in total. The Morgan fingerprint density at radius 3 is 2.78 bits per heavy atom. The quantitative estimate of drug-likeness (QED) is 0.651. The Kier molecular flexibility index (Phi) is 4.38. The van der Waals surface area contributed by atoms with Crippen molar-refractivity contribution in [2.75, 3.05) is 44.8 Å². The summed E-state index contributed by atoms with van der Waals surface area (Å²) in [5, 5.41) is 0.747. The van der Waals surface area contributed by atoms with Gasteiger partial charge in [-0.25, -0.2) is 4.39 Å². The first-order valence-corrected chi connectivity index (χ1v) is 10.3.